The number of rotatable bonds is 9. The van der Waals surface area contributed by atoms with Gasteiger partial charge in [-0.05, 0) is 48.2 Å². The van der Waals surface area contributed by atoms with E-state index in [1.54, 1.807) is 14.2 Å². The van der Waals surface area contributed by atoms with Crippen LogP contribution in [0.2, 0.25) is 0 Å². The monoisotopic (exact) mass is 430 g/mol. The van der Waals surface area contributed by atoms with Crippen molar-refractivity contribution in [3.63, 3.8) is 0 Å². The lowest BCUT2D eigenvalue weighted by atomic mass is 9.85. The van der Waals surface area contributed by atoms with Crippen molar-refractivity contribution in [2.24, 2.45) is 0 Å². The Kier molecular flexibility index (Phi) is 7.81. The van der Waals surface area contributed by atoms with E-state index in [2.05, 4.69) is 83.0 Å². The van der Waals surface area contributed by atoms with Crippen molar-refractivity contribution in [3.8, 4) is 11.5 Å². The lowest BCUT2D eigenvalue weighted by Gasteiger charge is -2.39. The van der Waals surface area contributed by atoms with Crippen LogP contribution in [0.4, 0.5) is 0 Å². The van der Waals surface area contributed by atoms with Crippen LogP contribution in [-0.4, -0.2) is 44.8 Å². The number of nitrogens with zero attached hydrogens (tertiary/aromatic N) is 1. The lowest BCUT2D eigenvalue weighted by molar-refractivity contribution is 0.167. The zero-order chi connectivity index (χ0) is 22.2. The third-order valence-corrected chi connectivity index (χ3v) is 6.44. The summed E-state index contributed by atoms with van der Waals surface area (Å²) >= 11 is 0. The van der Waals surface area contributed by atoms with E-state index in [0.29, 0.717) is 12.0 Å². The van der Waals surface area contributed by atoms with Gasteiger partial charge in [0.1, 0.15) is 0 Å². The van der Waals surface area contributed by atoms with Gasteiger partial charge < -0.3 is 14.8 Å². The van der Waals surface area contributed by atoms with Gasteiger partial charge >= 0.3 is 0 Å². The smallest absolute Gasteiger partial charge is 0.160 e. The molecule has 4 rings (SSSR count). The summed E-state index contributed by atoms with van der Waals surface area (Å²) in [7, 11) is 3.36. The first-order chi connectivity index (χ1) is 15.8. The van der Waals surface area contributed by atoms with Gasteiger partial charge in [-0.3, -0.25) is 4.90 Å². The van der Waals surface area contributed by atoms with Crippen LogP contribution in [0.5, 0.6) is 11.5 Å². The van der Waals surface area contributed by atoms with E-state index in [1.165, 1.54) is 16.7 Å². The summed E-state index contributed by atoms with van der Waals surface area (Å²) in [6.45, 7) is 4.16. The van der Waals surface area contributed by atoms with Crippen molar-refractivity contribution < 1.29 is 9.47 Å². The van der Waals surface area contributed by atoms with Crippen molar-refractivity contribution >= 4 is 0 Å². The van der Waals surface area contributed by atoms with Gasteiger partial charge in [-0.2, -0.15) is 0 Å². The number of nitrogens with one attached hydrogen (secondary N) is 1. The molecule has 1 N–H and O–H groups in total. The molecule has 168 valence electrons. The minimum absolute atomic E-state index is 0.476. The molecule has 0 aliphatic carbocycles. The number of likely N-dealkylation sites (tertiary alicyclic amines) is 1. The highest BCUT2D eigenvalue weighted by Gasteiger charge is 2.30. The summed E-state index contributed by atoms with van der Waals surface area (Å²) in [5.74, 6) is 2.06. The largest absolute Gasteiger partial charge is 0.493 e. The van der Waals surface area contributed by atoms with Crippen LogP contribution in [0.3, 0.4) is 0 Å². The van der Waals surface area contributed by atoms with E-state index in [4.69, 9.17) is 9.47 Å². The Morgan fingerprint density at radius 2 is 1.56 bits per heavy atom. The van der Waals surface area contributed by atoms with Crippen LogP contribution in [-0.2, 0) is 13.0 Å². The second-order valence-corrected chi connectivity index (χ2v) is 8.53. The zero-order valence-corrected chi connectivity index (χ0v) is 19.2. The molecule has 0 aromatic heterocycles. The number of hydrogen-bond donors (Lipinski definition) is 1. The molecular weight excluding hydrogens is 396 g/mol. The average molecular weight is 431 g/mol. The van der Waals surface area contributed by atoms with E-state index in [1.807, 2.05) is 6.07 Å². The Morgan fingerprint density at radius 3 is 2.28 bits per heavy atom. The van der Waals surface area contributed by atoms with Crippen LogP contribution in [0.15, 0.2) is 78.9 Å². The number of piperidine rings is 1. The molecule has 4 nitrogen and oxygen atoms in total. The molecule has 1 aliphatic heterocycles. The van der Waals surface area contributed by atoms with Crippen LogP contribution >= 0.6 is 0 Å². The molecule has 1 heterocycles. The maximum Gasteiger partial charge on any atom is 0.160 e. The summed E-state index contributed by atoms with van der Waals surface area (Å²) in [5.41, 5.74) is 4.07. The molecule has 2 atom stereocenters. The first-order valence-electron chi connectivity index (χ1n) is 11.5. The topological polar surface area (TPSA) is 33.7 Å². The quantitative estimate of drug-likeness (QED) is 0.524. The number of ether oxygens (including phenoxy) is 2. The van der Waals surface area contributed by atoms with Crippen molar-refractivity contribution in [1.29, 1.82) is 0 Å². The van der Waals surface area contributed by atoms with Crippen molar-refractivity contribution in [3.05, 3.63) is 95.6 Å². The first-order valence-corrected chi connectivity index (χ1v) is 11.5. The molecule has 0 bridgehead atoms. The summed E-state index contributed by atoms with van der Waals surface area (Å²) in [4.78, 5) is 2.60. The van der Waals surface area contributed by atoms with Gasteiger partial charge in [0, 0.05) is 31.6 Å². The number of benzene rings is 3. The van der Waals surface area contributed by atoms with Crippen LogP contribution in [0.1, 0.15) is 29.0 Å². The zero-order valence-electron chi connectivity index (χ0n) is 19.2. The van der Waals surface area contributed by atoms with E-state index < -0.39 is 0 Å². The van der Waals surface area contributed by atoms with Crippen molar-refractivity contribution in [2.45, 2.75) is 31.3 Å². The fourth-order valence-electron chi connectivity index (χ4n) is 4.73. The summed E-state index contributed by atoms with van der Waals surface area (Å²) in [6.07, 6.45) is 2.12. The number of methoxy groups -OCH3 is 2. The Morgan fingerprint density at radius 1 is 0.844 bits per heavy atom. The minimum atomic E-state index is 0.476. The maximum absolute atomic E-state index is 5.46. The van der Waals surface area contributed by atoms with Crippen LogP contribution in [0, 0.1) is 0 Å². The fourth-order valence-corrected chi connectivity index (χ4v) is 4.73. The van der Waals surface area contributed by atoms with Gasteiger partial charge in [0.25, 0.3) is 0 Å². The standard InChI is InChI=1S/C28H34N2O2/c1-31-27-14-13-22(19-28(27)32-2)15-17-29-26-16-18-30(20-23-9-5-3-6-10-23)21-25(26)24-11-7-4-8-12-24/h3-14,19,25-26,29H,15-18,20-21H2,1-2H3. The fraction of sp³-hybridized carbons (Fsp3) is 0.357. The normalized spacial score (nSPS) is 18.9. The summed E-state index contributed by atoms with van der Waals surface area (Å²) in [5, 5.41) is 3.87. The highest BCUT2D eigenvalue weighted by Crippen LogP contribution is 2.29. The Hall–Kier alpha value is -2.82. The molecule has 1 aliphatic rings. The Labute approximate surface area is 192 Å². The predicted molar refractivity (Wildman–Crippen MR) is 131 cm³/mol. The lowest BCUT2D eigenvalue weighted by Crippen LogP contribution is -2.48. The summed E-state index contributed by atoms with van der Waals surface area (Å²) < 4.78 is 10.8. The van der Waals surface area contributed by atoms with Gasteiger partial charge in [0.2, 0.25) is 0 Å². The molecule has 0 saturated carbocycles. The molecule has 1 saturated heterocycles. The maximum atomic E-state index is 5.46. The van der Waals surface area contributed by atoms with Crippen molar-refractivity contribution in [1.82, 2.24) is 10.2 Å². The van der Waals surface area contributed by atoms with Gasteiger partial charge in [0.15, 0.2) is 11.5 Å². The molecular formula is C28H34N2O2. The molecule has 3 aromatic rings. The van der Waals surface area contributed by atoms with Crippen LogP contribution < -0.4 is 14.8 Å². The van der Waals surface area contributed by atoms with Crippen molar-refractivity contribution in [2.75, 3.05) is 33.9 Å². The van der Waals surface area contributed by atoms with Gasteiger partial charge in [-0.1, -0.05) is 66.7 Å². The molecule has 32 heavy (non-hydrogen) atoms. The van der Waals surface area contributed by atoms with Crippen LogP contribution in [0.25, 0.3) is 0 Å². The Balaban J connectivity index is 1.39. The van der Waals surface area contributed by atoms with E-state index >= 15 is 0 Å². The van der Waals surface area contributed by atoms with E-state index in [0.717, 1.165) is 50.5 Å². The van der Waals surface area contributed by atoms with E-state index in [9.17, 15) is 0 Å². The highest BCUT2D eigenvalue weighted by atomic mass is 16.5. The molecule has 4 heteroatoms. The summed E-state index contributed by atoms with van der Waals surface area (Å²) in [6, 6.07) is 28.5. The molecule has 0 amide bonds. The molecule has 3 aromatic carbocycles. The molecule has 0 spiro atoms. The van der Waals surface area contributed by atoms with Gasteiger partial charge in [-0.25, -0.2) is 0 Å². The first kappa shape index (κ1) is 22.4. The van der Waals surface area contributed by atoms with E-state index in [-0.39, 0.29) is 0 Å². The minimum Gasteiger partial charge on any atom is -0.493 e. The molecule has 2 unspecified atom stereocenters. The SMILES string of the molecule is COc1ccc(CCNC2CCN(Cc3ccccc3)CC2c2ccccc2)cc1OC. The third kappa shape index (κ3) is 5.70. The third-order valence-electron chi connectivity index (χ3n) is 6.44. The number of hydrogen-bond acceptors (Lipinski definition) is 4. The average Bonchev–Trinajstić information content (AvgIpc) is 2.86. The predicted octanol–water partition coefficient (Wildman–Crippen LogP) is 4.89. The second-order valence-electron chi connectivity index (χ2n) is 8.53. The molecule has 0 radical (unpaired) electrons. The highest BCUT2D eigenvalue weighted by molar-refractivity contribution is 5.43. The Bertz CT molecular complexity index is 962. The molecule has 1 fully saturated rings. The van der Waals surface area contributed by atoms with Gasteiger partial charge in [0.05, 0.1) is 14.2 Å². The van der Waals surface area contributed by atoms with Gasteiger partial charge in [-0.15, -0.1) is 0 Å². The second kappa shape index (κ2) is 11.2.